The molecule has 2 rings (SSSR count). The molecule has 4 heteroatoms. The molecule has 0 saturated carbocycles. The normalized spacial score (nSPS) is 16.3. The van der Waals surface area contributed by atoms with Crippen LogP contribution in [0.1, 0.15) is 40.0 Å². The van der Waals surface area contributed by atoms with E-state index in [9.17, 15) is 4.79 Å². The topological polar surface area (TPSA) is 32.3 Å². The summed E-state index contributed by atoms with van der Waals surface area (Å²) in [5.41, 5.74) is 1.85. The molecule has 0 aliphatic carbocycles. The van der Waals surface area contributed by atoms with Crippen LogP contribution in [0.15, 0.2) is 18.2 Å². The SMILES string of the molecule is CC(C)CC(=O)Nc1ccc(N2CCC(C)CC2)c(Cl)c1. The second-order valence-electron chi connectivity index (χ2n) is 6.48. The standard InChI is InChI=1S/C17H25ClN2O/c1-12(2)10-17(21)19-14-4-5-16(15(18)11-14)20-8-6-13(3)7-9-20/h4-5,11-13H,6-10H2,1-3H3,(H,19,21). The van der Waals surface area contributed by atoms with E-state index < -0.39 is 0 Å². The van der Waals surface area contributed by atoms with Crippen LogP contribution in [0.3, 0.4) is 0 Å². The fraction of sp³-hybridized carbons (Fsp3) is 0.588. The van der Waals surface area contributed by atoms with Gasteiger partial charge in [0.15, 0.2) is 0 Å². The first-order valence-corrected chi connectivity index (χ1v) is 8.18. The molecule has 0 atom stereocenters. The molecule has 116 valence electrons. The van der Waals surface area contributed by atoms with Gasteiger partial charge in [0.25, 0.3) is 0 Å². The van der Waals surface area contributed by atoms with Crippen molar-refractivity contribution in [2.45, 2.75) is 40.0 Å². The number of rotatable bonds is 4. The van der Waals surface area contributed by atoms with Gasteiger partial charge < -0.3 is 10.2 Å². The van der Waals surface area contributed by atoms with Crippen molar-refractivity contribution in [2.75, 3.05) is 23.3 Å². The Morgan fingerprint density at radius 2 is 2.05 bits per heavy atom. The number of benzene rings is 1. The van der Waals surface area contributed by atoms with Gasteiger partial charge in [0.05, 0.1) is 10.7 Å². The van der Waals surface area contributed by atoms with Crippen molar-refractivity contribution in [1.29, 1.82) is 0 Å². The maximum atomic E-state index is 11.8. The first-order valence-electron chi connectivity index (χ1n) is 7.80. The number of hydrogen-bond donors (Lipinski definition) is 1. The number of halogens is 1. The number of piperidine rings is 1. The molecule has 1 saturated heterocycles. The Hall–Kier alpha value is -1.22. The number of carbonyl (C=O) groups is 1. The second kappa shape index (κ2) is 7.17. The lowest BCUT2D eigenvalue weighted by molar-refractivity contribution is -0.116. The van der Waals surface area contributed by atoms with E-state index in [1.165, 1.54) is 12.8 Å². The fourth-order valence-electron chi connectivity index (χ4n) is 2.67. The van der Waals surface area contributed by atoms with Crippen LogP contribution in [-0.4, -0.2) is 19.0 Å². The highest BCUT2D eigenvalue weighted by molar-refractivity contribution is 6.33. The van der Waals surface area contributed by atoms with Crippen LogP contribution in [0.25, 0.3) is 0 Å². The quantitative estimate of drug-likeness (QED) is 0.884. The summed E-state index contributed by atoms with van der Waals surface area (Å²) >= 11 is 6.40. The fourth-order valence-corrected chi connectivity index (χ4v) is 2.97. The third kappa shape index (κ3) is 4.63. The molecule has 3 nitrogen and oxygen atoms in total. The van der Waals surface area contributed by atoms with Crippen LogP contribution in [0.2, 0.25) is 5.02 Å². The Balaban J connectivity index is 2.02. The van der Waals surface area contributed by atoms with Crippen molar-refractivity contribution in [3.05, 3.63) is 23.2 Å². The first kappa shape index (κ1) is 16.2. The van der Waals surface area contributed by atoms with Crippen molar-refractivity contribution in [3.63, 3.8) is 0 Å². The van der Waals surface area contributed by atoms with Gasteiger partial charge in [-0.3, -0.25) is 4.79 Å². The molecule has 1 aromatic carbocycles. The Morgan fingerprint density at radius 1 is 1.38 bits per heavy atom. The van der Waals surface area contributed by atoms with Crippen molar-refractivity contribution in [1.82, 2.24) is 0 Å². The Bertz CT molecular complexity index is 494. The van der Waals surface area contributed by atoms with Gasteiger partial charge in [-0.2, -0.15) is 0 Å². The number of carbonyl (C=O) groups excluding carboxylic acids is 1. The summed E-state index contributed by atoms with van der Waals surface area (Å²) in [6.07, 6.45) is 2.95. The van der Waals surface area contributed by atoms with Crippen LogP contribution in [0.4, 0.5) is 11.4 Å². The van der Waals surface area contributed by atoms with E-state index >= 15 is 0 Å². The van der Waals surface area contributed by atoms with E-state index in [2.05, 4.69) is 17.1 Å². The predicted molar refractivity (Wildman–Crippen MR) is 90.1 cm³/mol. The molecule has 0 bridgehead atoms. The van der Waals surface area contributed by atoms with Gasteiger partial charge in [-0.25, -0.2) is 0 Å². The molecule has 0 unspecified atom stereocenters. The van der Waals surface area contributed by atoms with Crippen molar-refractivity contribution in [2.24, 2.45) is 11.8 Å². The zero-order valence-corrected chi connectivity index (χ0v) is 13.9. The lowest BCUT2D eigenvalue weighted by Crippen LogP contribution is -2.32. The van der Waals surface area contributed by atoms with E-state index in [0.29, 0.717) is 17.4 Å². The molecule has 1 aliphatic rings. The minimum Gasteiger partial charge on any atom is -0.370 e. The molecule has 1 fully saturated rings. The minimum absolute atomic E-state index is 0.0422. The third-order valence-electron chi connectivity index (χ3n) is 3.95. The van der Waals surface area contributed by atoms with Crippen molar-refractivity contribution in [3.8, 4) is 0 Å². The Morgan fingerprint density at radius 3 is 2.62 bits per heavy atom. The van der Waals surface area contributed by atoms with E-state index in [0.717, 1.165) is 30.4 Å². The molecule has 1 aliphatic heterocycles. The van der Waals surface area contributed by atoms with Gasteiger partial charge in [-0.1, -0.05) is 32.4 Å². The largest absolute Gasteiger partial charge is 0.370 e. The monoisotopic (exact) mass is 308 g/mol. The summed E-state index contributed by atoms with van der Waals surface area (Å²) in [6, 6.07) is 5.81. The van der Waals surface area contributed by atoms with Crippen LogP contribution >= 0.6 is 11.6 Å². The predicted octanol–water partition coefficient (Wildman–Crippen LogP) is 4.56. The molecule has 1 heterocycles. The maximum Gasteiger partial charge on any atom is 0.224 e. The van der Waals surface area contributed by atoms with Crippen molar-refractivity contribution < 1.29 is 4.79 Å². The molecule has 1 amide bonds. The lowest BCUT2D eigenvalue weighted by atomic mass is 9.99. The summed E-state index contributed by atoms with van der Waals surface area (Å²) in [6.45, 7) is 8.48. The van der Waals surface area contributed by atoms with E-state index in [1.54, 1.807) is 0 Å². The third-order valence-corrected chi connectivity index (χ3v) is 4.25. The highest BCUT2D eigenvalue weighted by Gasteiger charge is 2.18. The highest BCUT2D eigenvalue weighted by atomic mass is 35.5. The van der Waals surface area contributed by atoms with E-state index in [4.69, 9.17) is 11.6 Å². The molecular formula is C17H25ClN2O. The summed E-state index contributed by atoms with van der Waals surface area (Å²) in [7, 11) is 0. The van der Waals surface area contributed by atoms with Gasteiger partial charge >= 0.3 is 0 Å². The number of amides is 1. The first-order chi connectivity index (χ1) is 9.95. The molecular weight excluding hydrogens is 284 g/mol. The van der Waals surface area contributed by atoms with Gasteiger partial charge in [-0.05, 0) is 42.9 Å². The average molecular weight is 309 g/mol. The number of hydrogen-bond acceptors (Lipinski definition) is 2. The molecule has 1 N–H and O–H groups in total. The Kier molecular flexibility index (Phi) is 5.51. The molecule has 0 aromatic heterocycles. The van der Waals surface area contributed by atoms with Crippen LogP contribution < -0.4 is 10.2 Å². The van der Waals surface area contributed by atoms with E-state index in [1.807, 2.05) is 32.0 Å². The number of anilines is 2. The second-order valence-corrected chi connectivity index (χ2v) is 6.89. The smallest absolute Gasteiger partial charge is 0.224 e. The van der Waals surface area contributed by atoms with Gasteiger partial charge in [-0.15, -0.1) is 0 Å². The number of nitrogens with zero attached hydrogens (tertiary/aromatic N) is 1. The summed E-state index contributed by atoms with van der Waals surface area (Å²) in [5, 5.41) is 3.62. The summed E-state index contributed by atoms with van der Waals surface area (Å²) in [5.74, 6) is 1.20. The van der Waals surface area contributed by atoms with Crippen LogP contribution in [0.5, 0.6) is 0 Å². The van der Waals surface area contributed by atoms with E-state index in [-0.39, 0.29) is 5.91 Å². The minimum atomic E-state index is 0.0422. The van der Waals surface area contributed by atoms with Crippen molar-refractivity contribution >= 4 is 28.9 Å². The summed E-state index contributed by atoms with van der Waals surface area (Å²) in [4.78, 5) is 14.1. The Labute approximate surface area is 132 Å². The molecule has 21 heavy (non-hydrogen) atoms. The van der Waals surface area contributed by atoms with Gasteiger partial charge in [0.1, 0.15) is 0 Å². The maximum absolute atomic E-state index is 11.8. The van der Waals surface area contributed by atoms with Crippen LogP contribution in [-0.2, 0) is 4.79 Å². The summed E-state index contributed by atoms with van der Waals surface area (Å²) < 4.78 is 0. The molecule has 0 spiro atoms. The van der Waals surface area contributed by atoms with Gasteiger partial charge in [0, 0.05) is 25.2 Å². The number of nitrogens with one attached hydrogen (secondary N) is 1. The zero-order chi connectivity index (χ0) is 15.4. The molecule has 1 aromatic rings. The zero-order valence-electron chi connectivity index (χ0n) is 13.2. The van der Waals surface area contributed by atoms with Gasteiger partial charge in [0.2, 0.25) is 5.91 Å². The highest BCUT2D eigenvalue weighted by Crippen LogP contribution is 2.31. The van der Waals surface area contributed by atoms with Crippen LogP contribution in [0, 0.1) is 11.8 Å². The lowest BCUT2D eigenvalue weighted by Gasteiger charge is -2.32. The molecule has 0 radical (unpaired) electrons. The average Bonchev–Trinajstić information content (AvgIpc) is 2.39.